The van der Waals surface area contributed by atoms with Crippen LogP contribution in [0.1, 0.15) is 17.2 Å². The van der Waals surface area contributed by atoms with Crippen molar-refractivity contribution in [1.29, 1.82) is 0 Å². The van der Waals surface area contributed by atoms with Crippen LogP contribution in [-0.4, -0.2) is 32.7 Å². The number of benzene rings is 1. The van der Waals surface area contributed by atoms with Crippen LogP contribution in [0.2, 0.25) is 0 Å². The molecule has 98 valence electrons. The lowest BCUT2D eigenvalue weighted by Crippen LogP contribution is -2.36. The van der Waals surface area contributed by atoms with E-state index in [0.717, 1.165) is 23.3 Å². The van der Waals surface area contributed by atoms with E-state index in [1.165, 1.54) is 0 Å². The molecule has 1 aromatic rings. The van der Waals surface area contributed by atoms with Crippen molar-refractivity contribution in [1.82, 2.24) is 5.32 Å². The van der Waals surface area contributed by atoms with Gasteiger partial charge in [0.15, 0.2) is 6.10 Å². The van der Waals surface area contributed by atoms with Gasteiger partial charge in [0.2, 0.25) is 0 Å². The van der Waals surface area contributed by atoms with E-state index in [2.05, 4.69) is 5.32 Å². The lowest BCUT2D eigenvalue weighted by atomic mass is 9.96. The van der Waals surface area contributed by atoms with E-state index in [0.29, 0.717) is 19.7 Å². The molecule has 18 heavy (non-hydrogen) atoms. The van der Waals surface area contributed by atoms with Gasteiger partial charge in [-0.2, -0.15) is 0 Å². The molecule has 0 spiro atoms. The summed E-state index contributed by atoms with van der Waals surface area (Å²) in [5, 5.41) is 2.75. The number of hydrogen-bond acceptors (Lipinski definition) is 4. The summed E-state index contributed by atoms with van der Waals surface area (Å²) in [6.45, 7) is 1.40. The van der Waals surface area contributed by atoms with Crippen molar-refractivity contribution in [2.75, 3.05) is 26.8 Å². The van der Waals surface area contributed by atoms with Crippen LogP contribution in [0.15, 0.2) is 18.2 Å². The summed E-state index contributed by atoms with van der Waals surface area (Å²) in [5.74, 6) is 0.669. The van der Waals surface area contributed by atoms with Crippen LogP contribution in [0.3, 0.4) is 0 Å². The molecule has 2 rings (SSSR count). The number of fused-ring (bicyclic) bond motifs is 1. The highest BCUT2D eigenvalue weighted by Gasteiger charge is 2.28. The third kappa shape index (κ3) is 2.47. The third-order valence-electron chi connectivity index (χ3n) is 2.99. The Labute approximate surface area is 106 Å². The van der Waals surface area contributed by atoms with Gasteiger partial charge in [-0.3, -0.25) is 4.79 Å². The van der Waals surface area contributed by atoms with Crippen LogP contribution in [0.25, 0.3) is 0 Å². The fraction of sp³-hybridized carbons (Fsp3) is 0.462. The van der Waals surface area contributed by atoms with Crippen molar-refractivity contribution in [2.45, 2.75) is 12.5 Å². The zero-order valence-electron chi connectivity index (χ0n) is 10.4. The van der Waals surface area contributed by atoms with Crippen LogP contribution in [0.4, 0.5) is 0 Å². The summed E-state index contributed by atoms with van der Waals surface area (Å²) in [6, 6.07) is 5.68. The molecule has 5 heteroatoms. The lowest BCUT2D eigenvalue weighted by molar-refractivity contribution is -0.134. The fourth-order valence-electron chi connectivity index (χ4n) is 2.16. The molecule has 0 fully saturated rings. The third-order valence-corrected chi connectivity index (χ3v) is 2.99. The minimum atomic E-state index is -0.560. The van der Waals surface area contributed by atoms with Gasteiger partial charge in [0.1, 0.15) is 5.75 Å². The fourth-order valence-corrected chi connectivity index (χ4v) is 2.16. The summed E-state index contributed by atoms with van der Waals surface area (Å²) >= 11 is 0. The number of ether oxygens (including phenoxy) is 2. The molecule has 1 aromatic carbocycles. The SMILES string of the molecule is COc1cccc2c1CCOC2C(=O)NCCN. The zero-order valence-corrected chi connectivity index (χ0v) is 10.4. The molecule has 5 nitrogen and oxygen atoms in total. The van der Waals surface area contributed by atoms with Gasteiger partial charge < -0.3 is 20.5 Å². The largest absolute Gasteiger partial charge is 0.496 e. The minimum Gasteiger partial charge on any atom is -0.496 e. The first-order valence-corrected chi connectivity index (χ1v) is 6.03. The molecule has 0 aliphatic carbocycles. The number of carbonyl (C=O) groups excluding carboxylic acids is 1. The Morgan fingerprint density at radius 2 is 2.44 bits per heavy atom. The summed E-state index contributed by atoms with van der Waals surface area (Å²) in [5.41, 5.74) is 7.31. The molecule has 0 aromatic heterocycles. The van der Waals surface area contributed by atoms with E-state index >= 15 is 0 Å². The monoisotopic (exact) mass is 250 g/mol. The molecule has 0 saturated carbocycles. The van der Waals surface area contributed by atoms with Crippen LogP contribution in [-0.2, 0) is 16.0 Å². The maximum absolute atomic E-state index is 12.0. The number of carbonyl (C=O) groups is 1. The van der Waals surface area contributed by atoms with Gasteiger partial charge in [-0.1, -0.05) is 12.1 Å². The first-order valence-electron chi connectivity index (χ1n) is 6.03. The molecular weight excluding hydrogens is 232 g/mol. The van der Waals surface area contributed by atoms with E-state index in [4.69, 9.17) is 15.2 Å². The summed E-state index contributed by atoms with van der Waals surface area (Å²) in [7, 11) is 1.63. The molecule has 1 aliphatic heterocycles. The molecule has 1 aliphatic rings. The van der Waals surface area contributed by atoms with Crippen molar-refractivity contribution in [3.05, 3.63) is 29.3 Å². The molecule has 1 atom stereocenters. The van der Waals surface area contributed by atoms with Crippen molar-refractivity contribution in [3.63, 3.8) is 0 Å². The van der Waals surface area contributed by atoms with Gasteiger partial charge in [-0.15, -0.1) is 0 Å². The molecule has 0 bridgehead atoms. The van der Waals surface area contributed by atoms with E-state index in [1.54, 1.807) is 7.11 Å². The summed E-state index contributed by atoms with van der Waals surface area (Å²) in [6.07, 6.45) is 0.204. The Kier molecular flexibility index (Phi) is 4.17. The van der Waals surface area contributed by atoms with Crippen LogP contribution >= 0.6 is 0 Å². The number of amides is 1. The van der Waals surface area contributed by atoms with E-state index in [9.17, 15) is 4.79 Å². The van der Waals surface area contributed by atoms with Gasteiger partial charge in [0.05, 0.1) is 13.7 Å². The number of nitrogens with two attached hydrogens (primary N) is 1. The van der Waals surface area contributed by atoms with Crippen molar-refractivity contribution < 1.29 is 14.3 Å². The van der Waals surface area contributed by atoms with Gasteiger partial charge in [0.25, 0.3) is 5.91 Å². The Hall–Kier alpha value is -1.59. The van der Waals surface area contributed by atoms with Crippen molar-refractivity contribution in [3.8, 4) is 5.75 Å². The Balaban J connectivity index is 2.25. The standard InChI is InChI=1S/C13H18N2O3/c1-17-11-4-2-3-10-9(11)5-8-18-12(10)13(16)15-7-6-14/h2-4,12H,5-8,14H2,1H3,(H,15,16). The maximum atomic E-state index is 12.0. The van der Waals surface area contributed by atoms with E-state index in [-0.39, 0.29) is 5.91 Å². The topological polar surface area (TPSA) is 73.6 Å². The van der Waals surface area contributed by atoms with Gasteiger partial charge in [-0.05, 0) is 18.1 Å². The van der Waals surface area contributed by atoms with Gasteiger partial charge in [-0.25, -0.2) is 0 Å². The number of hydrogen-bond donors (Lipinski definition) is 2. The highest BCUT2D eigenvalue weighted by molar-refractivity contribution is 5.83. The second kappa shape index (κ2) is 5.84. The van der Waals surface area contributed by atoms with Gasteiger partial charge >= 0.3 is 0 Å². The molecule has 0 radical (unpaired) electrons. The Bertz CT molecular complexity index is 434. The van der Waals surface area contributed by atoms with Crippen molar-refractivity contribution in [2.24, 2.45) is 5.73 Å². The summed E-state index contributed by atoms with van der Waals surface area (Å²) < 4.78 is 10.9. The predicted octanol–water partition coefficient (Wildman–Crippen LogP) is 0.384. The number of rotatable bonds is 4. The smallest absolute Gasteiger partial charge is 0.253 e. The van der Waals surface area contributed by atoms with E-state index < -0.39 is 6.10 Å². The normalized spacial score (nSPS) is 18.0. The van der Waals surface area contributed by atoms with Crippen LogP contribution in [0.5, 0.6) is 5.75 Å². The lowest BCUT2D eigenvalue weighted by Gasteiger charge is -2.26. The van der Waals surface area contributed by atoms with Crippen molar-refractivity contribution >= 4 is 5.91 Å². The van der Waals surface area contributed by atoms with Crippen LogP contribution in [0, 0.1) is 0 Å². The zero-order chi connectivity index (χ0) is 13.0. The first kappa shape index (κ1) is 12.9. The second-order valence-corrected chi connectivity index (χ2v) is 4.11. The highest BCUT2D eigenvalue weighted by atomic mass is 16.5. The Morgan fingerprint density at radius 1 is 1.61 bits per heavy atom. The summed E-state index contributed by atoms with van der Waals surface area (Å²) in [4.78, 5) is 12.0. The molecule has 1 unspecified atom stereocenters. The predicted molar refractivity (Wildman–Crippen MR) is 67.5 cm³/mol. The van der Waals surface area contributed by atoms with Crippen LogP contribution < -0.4 is 15.8 Å². The highest BCUT2D eigenvalue weighted by Crippen LogP contribution is 2.33. The molecule has 3 N–H and O–H groups in total. The molecule has 1 heterocycles. The second-order valence-electron chi connectivity index (χ2n) is 4.11. The Morgan fingerprint density at radius 3 is 3.17 bits per heavy atom. The first-order chi connectivity index (χ1) is 8.77. The number of nitrogens with one attached hydrogen (secondary N) is 1. The minimum absolute atomic E-state index is 0.144. The molecule has 0 saturated heterocycles. The molecule has 1 amide bonds. The quantitative estimate of drug-likeness (QED) is 0.810. The number of methoxy groups -OCH3 is 1. The average molecular weight is 250 g/mol. The molecular formula is C13H18N2O3. The maximum Gasteiger partial charge on any atom is 0.253 e. The average Bonchev–Trinajstić information content (AvgIpc) is 2.43. The van der Waals surface area contributed by atoms with E-state index in [1.807, 2.05) is 18.2 Å². The van der Waals surface area contributed by atoms with Gasteiger partial charge in [0, 0.05) is 18.7 Å².